The van der Waals surface area contributed by atoms with Crippen LogP contribution in [0, 0.1) is 5.92 Å². The minimum Gasteiger partial charge on any atom is -0.392 e. The zero-order chi connectivity index (χ0) is 6.85. The fraction of sp³-hybridized carbons (Fsp3) is 0.714. The summed E-state index contributed by atoms with van der Waals surface area (Å²) in [5, 5.41) is 17.8. The summed E-state index contributed by atoms with van der Waals surface area (Å²) in [6.07, 6.45) is 2.33. The number of aliphatic hydroxyl groups is 2. The normalized spacial score (nSPS) is 34.8. The highest BCUT2D eigenvalue weighted by Crippen LogP contribution is 2.23. The quantitative estimate of drug-likeness (QED) is 0.499. The van der Waals surface area contributed by atoms with Crippen LogP contribution in [0.1, 0.15) is 13.3 Å². The molecule has 0 aromatic carbocycles. The fourth-order valence-electron chi connectivity index (χ4n) is 1.12. The molecule has 0 aromatic rings. The molecular weight excluding hydrogens is 116 g/mol. The van der Waals surface area contributed by atoms with Crippen molar-refractivity contribution >= 4 is 0 Å². The Morgan fingerprint density at radius 3 is 2.67 bits per heavy atom. The fourth-order valence-corrected chi connectivity index (χ4v) is 1.12. The number of rotatable bonds is 1. The van der Waals surface area contributed by atoms with E-state index in [0.717, 1.165) is 5.57 Å². The van der Waals surface area contributed by atoms with Gasteiger partial charge in [0.15, 0.2) is 0 Å². The van der Waals surface area contributed by atoms with E-state index in [1.54, 1.807) is 0 Å². The number of hydrogen-bond donors (Lipinski definition) is 2. The van der Waals surface area contributed by atoms with Gasteiger partial charge in [-0.3, -0.25) is 0 Å². The molecule has 2 atom stereocenters. The lowest BCUT2D eigenvalue weighted by atomic mass is 10.1. The summed E-state index contributed by atoms with van der Waals surface area (Å²) in [4.78, 5) is 0. The Balaban J connectivity index is 2.52. The Bertz CT molecular complexity index is 129. The van der Waals surface area contributed by atoms with Crippen LogP contribution in [0.3, 0.4) is 0 Å². The van der Waals surface area contributed by atoms with Gasteiger partial charge < -0.3 is 10.2 Å². The van der Waals surface area contributed by atoms with Gasteiger partial charge in [0.2, 0.25) is 0 Å². The van der Waals surface area contributed by atoms with Crippen molar-refractivity contribution in [3.05, 3.63) is 11.6 Å². The molecule has 2 N–H and O–H groups in total. The SMILES string of the molecule is C[C@@H]1C=C(CO)C[C@H]1O. The first-order valence-corrected chi connectivity index (χ1v) is 3.22. The second-order valence-electron chi connectivity index (χ2n) is 2.61. The van der Waals surface area contributed by atoms with Crippen molar-refractivity contribution in [3.63, 3.8) is 0 Å². The first kappa shape index (κ1) is 6.78. The zero-order valence-electron chi connectivity index (χ0n) is 5.54. The molecule has 0 unspecified atom stereocenters. The van der Waals surface area contributed by atoms with E-state index in [2.05, 4.69) is 0 Å². The molecule has 1 aliphatic rings. The molecule has 0 aliphatic heterocycles. The Hall–Kier alpha value is -0.340. The van der Waals surface area contributed by atoms with Crippen LogP contribution >= 0.6 is 0 Å². The Kier molecular flexibility index (Phi) is 1.88. The lowest BCUT2D eigenvalue weighted by Gasteiger charge is -2.04. The topological polar surface area (TPSA) is 40.5 Å². The van der Waals surface area contributed by atoms with Gasteiger partial charge in [-0.2, -0.15) is 0 Å². The van der Waals surface area contributed by atoms with Gasteiger partial charge in [0.25, 0.3) is 0 Å². The first-order valence-electron chi connectivity index (χ1n) is 3.22. The van der Waals surface area contributed by atoms with Crippen molar-refractivity contribution in [2.24, 2.45) is 5.92 Å². The minimum atomic E-state index is -0.257. The maximum Gasteiger partial charge on any atom is 0.0642 e. The Morgan fingerprint density at radius 1 is 1.78 bits per heavy atom. The third kappa shape index (κ3) is 1.32. The van der Waals surface area contributed by atoms with Gasteiger partial charge in [-0.15, -0.1) is 0 Å². The predicted octanol–water partition coefficient (Wildman–Crippen LogP) is 0.306. The molecule has 0 aromatic heterocycles. The summed E-state index contributed by atoms with van der Waals surface area (Å²) in [5.41, 5.74) is 0.968. The van der Waals surface area contributed by atoms with E-state index < -0.39 is 0 Å². The molecule has 52 valence electrons. The van der Waals surface area contributed by atoms with Crippen LogP contribution in [0.15, 0.2) is 11.6 Å². The van der Waals surface area contributed by atoms with E-state index in [1.807, 2.05) is 13.0 Å². The van der Waals surface area contributed by atoms with Gasteiger partial charge >= 0.3 is 0 Å². The summed E-state index contributed by atoms with van der Waals surface area (Å²) in [6.45, 7) is 2.05. The molecule has 1 rings (SSSR count). The van der Waals surface area contributed by atoms with Crippen LogP contribution < -0.4 is 0 Å². The van der Waals surface area contributed by atoms with E-state index in [4.69, 9.17) is 10.2 Å². The summed E-state index contributed by atoms with van der Waals surface area (Å²) >= 11 is 0. The highest BCUT2D eigenvalue weighted by atomic mass is 16.3. The highest BCUT2D eigenvalue weighted by Gasteiger charge is 2.20. The van der Waals surface area contributed by atoms with Crippen molar-refractivity contribution < 1.29 is 10.2 Å². The van der Waals surface area contributed by atoms with E-state index in [9.17, 15) is 0 Å². The molecule has 0 bridgehead atoms. The molecule has 0 amide bonds. The lowest BCUT2D eigenvalue weighted by Crippen LogP contribution is -2.09. The second kappa shape index (κ2) is 2.50. The maximum absolute atomic E-state index is 9.14. The number of hydrogen-bond acceptors (Lipinski definition) is 2. The summed E-state index contributed by atoms with van der Waals surface area (Å²) < 4.78 is 0. The molecule has 1 aliphatic carbocycles. The largest absolute Gasteiger partial charge is 0.392 e. The zero-order valence-corrected chi connectivity index (χ0v) is 5.54. The van der Waals surface area contributed by atoms with Crippen LogP contribution in [0.5, 0.6) is 0 Å². The van der Waals surface area contributed by atoms with Gasteiger partial charge in [-0.1, -0.05) is 13.0 Å². The van der Waals surface area contributed by atoms with Crippen molar-refractivity contribution in [3.8, 4) is 0 Å². The molecule has 0 saturated heterocycles. The van der Waals surface area contributed by atoms with E-state index >= 15 is 0 Å². The molecule has 9 heavy (non-hydrogen) atoms. The molecule has 0 saturated carbocycles. The van der Waals surface area contributed by atoms with Gasteiger partial charge in [-0.05, 0) is 12.0 Å². The van der Waals surface area contributed by atoms with E-state index in [0.29, 0.717) is 6.42 Å². The molecule has 0 heterocycles. The average molecular weight is 128 g/mol. The van der Waals surface area contributed by atoms with Gasteiger partial charge in [0, 0.05) is 5.92 Å². The van der Waals surface area contributed by atoms with Crippen LogP contribution in [0.4, 0.5) is 0 Å². The molecule has 0 spiro atoms. The smallest absolute Gasteiger partial charge is 0.0642 e. The van der Waals surface area contributed by atoms with Crippen molar-refractivity contribution in [2.75, 3.05) is 6.61 Å². The maximum atomic E-state index is 9.14. The molecular formula is C7H12O2. The van der Waals surface area contributed by atoms with Crippen LogP contribution in [-0.2, 0) is 0 Å². The minimum absolute atomic E-state index is 0.0986. The van der Waals surface area contributed by atoms with Gasteiger partial charge in [0.05, 0.1) is 12.7 Å². The Labute approximate surface area is 54.8 Å². The molecule has 0 fully saturated rings. The van der Waals surface area contributed by atoms with E-state index in [-0.39, 0.29) is 18.6 Å². The Morgan fingerprint density at radius 2 is 2.44 bits per heavy atom. The third-order valence-corrected chi connectivity index (χ3v) is 1.78. The monoisotopic (exact) mass is 128 g/mol. The van der Waals surface area contributed by atoms with Crippen molar-refractivity contribution in [1.82, 2.24) is 0 Å². The van der Waals surface area contributed by atoms with Gasteiger partial charge in [0.1, 0.15) is 0 Å². The molecule has 0 radical (unpaired) electrons. The summed E-state index contributed by atoms with van der Waals surface area (Å²) in [6, 6.07) is 0. The molecule has 2 heteroatoms. The molecule has 2 nitrogen and oxygen atoms in total. The van der Waals surface area contributed by atoms with Crippen LogP contribution in [-0.4, -0.2) is 22.9 Å². The summed E-state index contributed by atoms with van der Waals surface area (Å²) in [7, 11) is 0. The lowest BCUT2D eigenvalue weighted by molar-refractivity contribution is 0.147. The third-order valence-electron chi connectivity index (χ3n) is 1.78. The van der Waals surface area contributed by atoms with E-state index in [1.165, 1.54) is 0 Å². The van der Waals surface area contributed by atoms with Crippen LogP contribution in [0.25, 0.3) is 0 Å². The first-order chi connectivity index (χ1) is 4.24. The van der Waals surface area contributed by atoms with Crippen molar-refractivity contribution in [1.29, 1.82) is 0 Å². The summed E-state index contributed by atoms with van der Waals surface area (Å²) in [5.74, 6) is 0.229. The van der Waals surface area contributed by atoms with Gasteiger partial charge in [-0.25, -0.2) is 0 Å². The predicted molar refractivity (Wildman–Crippen MR) is 35.0 cm³/mol. The van der Waals surface area contributed by atoms with Crippen molar-refractivity contribution in [2.45, 2.75) is 19.4 Å². The standard InChI is InChI=1S/C7H12O2/c1-5-2-6(4-8)3-7(5)9/h2,5,7-9H,3-4H2,1H3/t5-,7-/m1/s1. The highest BCUT2D eigenvalue weighted by molar-refractivity contribution is 5.13. The van der Waals surface area contributed by atoms with Crippen LogP contribution in [0.2, 0.25) is 0 Å². The second-order valence-corrected chi connectivity index (χ2v) is 2.61. The average Bonchev–Trinajstić information content (AvgIpc) is 2.13. The number of aliphatic hydroxyl groups excluding tert-OH is 2.